The number of aliphatic hydroxyl groups excluding tert-OH is 1. The first-order valence-electron chi connectivity index (χ1n) is 3.81. The van der Waals surface area contributed by atoms with Crippen LogP contribution >= 0.6 is 11.8 Å². The second-order valence-corrected chi connectivity index (χ2v) is 3.52. The quantitative estimate of drug-likeness (QED) is 0.567. The van der Waals surface area contributed by atoms with E-state index >= 15 is 0 Å². The van der Waals surface area contributed by atoms with Crippen molar-refractivity contribution in [2.24, 2.45) is 0 Å². The maximum Gasteiger partial charge on any atom is 0.0812 e. The van der Waals surface area contributed by atoms with Crippen molar-refractivity contribution >= 4 is 11.8 Å². The molecule has 0 bridgehead atoms. The smallest absolute Gasteiger partial charge is 0.0812 e. The lowest BCUT2D eigenvalue weighted by molar-refractivity contribution is 0.249. The minimum Gasteiger partial charge on any atom is -0.388 e. The summed E-state index contributed by atoms with van der Waals surface area (Å²) in [6.45, 7) is 3.51. The van der Waals surface area contributed by atoms with Crippen molar-refractivity contribution in [3.05, 3.63) is 43.0 Å². The fraction of sp³-hybridized carbons (Fsp3) is 0.200. The van der Waals surface area contributed by atoms with E-state index in [1.54, 1.807) is 17.8 Å². The third kappa shape index (κ3) is 3.11. The van der Waals surface area contributed by atoms with Gasteiger partial charge in [0.25, 0.3) is 0 Å². The Bertz CT molecular complexity index is 233. The van der Waals surface area contributed by atoms with Gasteiger partial charge in [-0.3, -0.25) is 0 Å². The van der Waals surface area contributed by atoms with Crippen LogP contribution < -0.4 is 0 Å². The van der Waals surface area contributed by atoms with Gasteiger partial charge in [-0.1, -0.05) is 24.3 Å². The molecule has 64 valence electrons. The Balaban J connectivity index is 2.38. The van der Waals surface area contributed by atoms with E-state index in [0.717, 1.165) is 0 Å². The molecular formula is C10H12OS. The fourth-order valence-electron chi connectivity index (χ4n) is 0.766. The Morgan fingerprint density at radius 1 is 1.42 bits per heavy atom. The molecule has 1 N–H and O–H groups in total. The molecule has 1 atom stereocenters. The Morgan fingerprint density at radius 2 is 2.08 bits per heavy atom. The molecule has 1 unspecified atom stereocenters. The average Bonchev–Trinajstić information content (AvgIpc) is 2.16. The van der Waals surface area contributed by atoms with Crippen LogP contribution in [0.15, 0.2) is 47.9 Å². The predicted molar refractivity (Wildman–Crippen MR) is 53.4 cm³/mol. The van der Waals surface area contributed by atoms with Crippen molar-refractivity contribution in [1.29, 1.82) is 0 Å². The highest BCUT2D eigenvalue weighted by molar-refractivity contribution is 7.99. The molecule has 0 spiro atoms. The standard InChI is InChI=1S/C10H12OS/c1-2-9(11)8-12-10-6-4-3-5-7-10/h2-7,9,11H,1,8H2. The van der Waals surface area contributed by atoms with E-state index in [2.05, 4.69) is 6.58 Å². The Hall–Kier alpha value is -0.730. The molecule has 1 aromatic carbocycles. The first kappa shape index (κ1) is 9.36. The summed E-state index contributed by atoms with van der Waals surface area (Å²) in [7, 11) is 0. The second kappa shape index (κ2) is 5.01. The van der Waals surface area contributed by atoms with Gasteiger partial charge in [-0.15, -0.1) is 18.3 Å². The number of benzene rings is 1. The van der Waals surface area contributed by atoms with Crippen molar-refractivity contribution < 1.29 is 5.11 Å². The Kier molecular flexibility index (Phi) is 3.91. The molecular weight excluding hydrogens is 168 g/mol. The molecule has 2 heteroatoms. The van der Waals surface area contributed by atoms with Crippen LogP contribution in [0.4, 0.5) is 0 Å². The zero-order chi connectivity index (χ0) is 8.81. The summed E-state index contributed by atoms with van der Waals surface area (Å²) in [5.41, 5.74) is 0. The predicted octanol–water partition coefficient (Wildman–Crippen LogP) is 2.33. The summed E-state index contributed by atoms with van der Waals surface area (Å²) in [4.78, 5) is 1.18. The Labute approximate surface area is 77.1 Å². The molecule has 0 saturated carbocycles. The molecule has 12 heavy (non-hydrogen) atoms. The Morgan fingerprint density at radius 3 is 2.67 bits per heavy atom. The minimum absolute atomic E-state index is 0.407. The summed E-state index contributed by atoms with van der Waals surface area (Å²) in [5.74, 6) is 0.674. The number of rotatable bonds is 4. The molecule has 1 rings (SSSR count). The highest BCUT2D eigenvalue weighted by atomic mass is 32.2. The lowest BCUT2D eigenvalue weighted by Gasteiger charge is -2.03. The number of thioether (sulfide) groups is 1. The monoisotopic (exact) mass is 180 g/mol. The van der Waals surface area contributed by atoms with Gasteiger partial charge < -0.3 is 5.11 Å². The van der Waals surface area contributed by atoms with Crippen LogP contribution in [-0.4, -0.2) is 17.0 Å². The molecule has 0 aliphatic rings. The SMILES string of the molecule is C=CC(O)CSc1ccccc1. The van der Waals surface area contributed by atoms with Crippen molar-refractivity contribution in [2.45, 2.75) is 11.0 Å². The second-order valence-electron chi connectivity index (χ2n) is 2.43. The van der Waals surface area contributed by atoms with E-state index in [1.807, 2.05) is 30.3 Å². The highest BCUT2D eigenvalue weighted by Crippen LogP contribution is 2.17. The molecule has 0 aromatic heterocycles. The summed E-state index contributed by atoms with van der Waals surface area (Å²) in [6, 6.07) is 10.0. The van der Waals surface area contributed by atoms with Gasteiger partial charge in [0.15, 0.2) is 0 Å². The molecule has 0 amide bonds. The van der Waals surface area contributed by atoms with E-state index in [4.69, 9.17) is 0 Å². The molecule has 0 aliphatic heterocycles. The van der Waals surface area contributed by atoms with Crippen molar-refractivity contribution in [1.82, 2.24) is 0 Å². The molecule has 1 aromatic rings. The summed E-state index contributed by atoms with van der Waals surface area (Å²) < 4.78 is 0. The van der Waals surface area contributed by atoms with Crippen LogP contribution in [0, 0.1) is 0 Å². The average molecular weight is 180 g/mol. The van der Waals surface area contributed by atoms with E-state index in [1.165, 1.54) is 4.90 Å². The van der Waals surface area contributed by atoms with E-state index in [9.17, 15) is 5.11 Å². The molecule has 0 heterocycles. The topological polar surface area (TPSA) is 20.2 Å². The number of aliphatic hydroxyl groups is 1. The first-order chi connectivity index (χ1) is 5.83. The van der Waals surface area contributed by atoms with E-state index < -0.39 is 6.10 Å². The number of hydrogen-bond acceptors (Lipinski definition) is 2. The van der Waals surface area contributed by atoms with Crippen LogP contribution in [0.1, 0.15) is 0 Å². The van der Waals surface area contributed by atoms with E-state index in [-0.39, 0.29) is 0 Å². The van der Waals surface area contributed by atoms with Gasteiger partial charge in [0.2, 0.25) is 0 Å². The van der Waals surface area contributed by atoms with Crippen molar-refractivity contribution in [2.75, 3.05) is 5.75 Å². The minimum atomic E-state index is -0.407. The van der Waals surface area contributed by atoms with Crippen LogP contribution in [0.25, 0.3) is 0 Å². The molecule has 0 saturated heterocycles. The van der Waals surface area contributed by atoms with Crippen LogP contribution in [0.2, 0.25) is 0 Å². The van der Waals surface area contributed by atoms with E-state index in [0.29, 0.717) is 5.75 Å². The van der Waals surface area contributed by atoms with Crippen LogP contribution in [0.3, 0.4) is 0 Å². The van der Waals surface area contributed by atoms with Crippen molar-refractivity contribution in [3.63, 3.8) is 0 Å². The van der Waals surface area contributed by atoms with Crippen LogP contribution in [-0.2, 0) is 0 Å². The largest absolute Gasteiger partial charge is 0.388 e. The lowest BCUT2D eigenvalue weighted by atomic mass is 10.4. The normalized spacial score (nSPS) is 12.4. The molecule has 1 nitrogen and oxygen atoms in total. The molecule has 0 fully saturated rings. The third-order valence-electron chi connectivity index (χ3n) is 1.44. The van der Waals surface area contributed by atoms with Gasteiger partial charge in [0.05, 0.1) is 6.10 Å². The zero-order valence-electron chi connectivity index (χ0n) is 6.81. The van der Waals surface area contributed by atoms with Gasteiger partial charge in [0.1, 0.15) is 0 Å². The van der Waals surface area contributed by atoms with Gasteiger partial charge in [-0.2, -0.15) is 0 Å². The third-order valence-corrected chi connectivity index (χ3v) is 2.55. The maximum atomic E-state index is 9.18. The van der Waals surface area contributed by atoms with Gasteiger partial charge in [0, 0.05) is 10.6 Å². The maximum absolute atomic E-state index is 9.18. The molecule has 0 aliphatic carbocycles. The summed E-state index contributed by atoms with van der Waals surface area (Å²) in [5, 5.41) is 9.18. The summed E-state index contributed by atoms with van der Waals surface area (Å²) in [6.07, 6.45) is 1.14. The first-order valence-corrected chi connectivity index (χ1v) is 4.80. The fourth-order valence-corrected chi connectivity index (χ4v) is 1.62. The zero-order valence-corrected chi connectivity index (χ0v) is 7.63. The summed E-state index contributed by atoms with van der Waals surface area (Å²) >= 11 is 1.63. The van der Waals surface area contributed by atoms with Crippen LogP contribution in [0.5, 0.6) is 0 Å². The van der Waals surface area contributed by atoms with Gasteiger partial charge in [-0.05, 0) is 12.1 Å². The highest BCUT2D eigenvalue weighted by Gasteiger charge is 1.98. The number of hydrogen-bond donors (Lipinski definition) is 1. The van der Waals surface area contributed by atoms with Gasteiger partial charge in [-0.25, -0.2) is 0 Å². The molecule has 0 radical (unpaired) electrons. The van der Waals surface area contributed by atoms with Crippen molar-refractivity contribution in [3.8, 4) is 0 Å². The lowest BCUT2D eigenvalue weighted by Crippen LogP contribution is -2.04. The van der Waals surface area contributed by atoms with Gasteiger partial charge >= 0.3 is 0 Å².